The topological polar surface area (TPSA) is 46.7 Å². The zero-order chi connectivity index (χ0) is 68.4. The van der Waals surface area contributed by atoms with Crippen LogP contribution in [-0.4, -0.2) is 16.2 Å². The Bertz CT molecular complexity index is 4800. The highest BCUT2D eigenvalue weighted by atomic mass is 16.5. The van der Waals surface area contributed by atoms with Gasteiger partial charge in [0.25, 0.3) is 0 Å². The molecule has 6 heteroatoms. The third-order valence-electron chi connectivity index (χ3n) is 20.3. The van der Waals surface area contributed by atoms with Crippen LogP contribution in [0.1, 0.15) is 231 Å². The SMILES string of the molecule is CC(C)c1cc(C(C)C)c(-c2cccc(-c3c(C(C)C)cc(C(C)C)cc3C(C)C)c2N2CN(c3cc(Oc4ccc5c6c7oc8ccccc8c7ccc6n(-c6cc(C(C)(C)C)ccn6)c5c4)cc(-c4c(C(C)(C)C)cccc4C(C)(C)C)c3)c3ccccc32)c(C(C)C)c1. The maximum atomic E-state index is 7.55. The first-order valence-electron chi connectivity index (χ1n) is 35.4. The van der Waals surface area contributed by atoms with Crippen LogP contribution < -0.4 is 14.5 Å². The predicted octanol–water partition coefficient (Wildman–Crippen LogP) is 26.8. The molecule has 1 aliphatic rings. The molecule has 0 spiro atoms. The average Bonchev–Trinajstić information content (AvgIpc) is 1.56. The number of benzene rings is 9. The number of para-hydroxylation sites is 4. The van der Waals surface area contributed by atoms with Gasteiger partial charge in [-0.2, -0.15) is 0 Å². The first kappa shape index (κ1) is 65.8. The van der Waals surface area contributed by atoms with Crippen molar-refractivity contribution in [3.8, 4) is 50.7 Å². The lowest BCUT2D eigenvalue weighted by atomic mass is 9.74. The summed E-state index contributed by atoms with van der Waals surface area (Å²) in [5.41, 5.74) is 27.7. The molecule has 96 heavy (non-hydrogen) atoms. The Labute approximate surface area is 572 Å². The standard InChI is InChI=1S/C90H100N4O2/c1-52(2)58-44-70(54(5)6)83(71(45-58)55(7)8)68-29-26-30-69(84-72(56(9)10)46-59(53(3)4)47-73(84)57(11)12)86(68)93-51-92(76-33-23-24-34-77(76)93)62-42-60(82-74(89(16,17)18)31-27-32-75(82)90(19,20)21)43-64(49-62)95-63-36-37-67-79(50-63)94(81-48-61(40-41-91-81)88(13,14)15)78-39-38-66-65-28-22-25-35-80(65)96-87(66)85(67)78/h22-50,52-57H,51H2,1-21H3. The largest absolute Gasteiger partial charge is 0.457 e. The Hall–Kier alpha value is -8.87. The van der Waals surface area contributed by atoms with Gasteiger partial charge in [-0.1, -0.05) is 236 Å². The van der Waals surface area contributed by atoms with Crippen LogP contribution in [0.4, 0.5) is 22.7 Å². The molecule has 0 unspecified atom stereocenters. The van der Waals surface area contributed by atoms with E-state index in [1.54, 1.807) is 0 Å². The summed E-state index contributed by atoms with van der Waals surface area (Å²) in [5.74, 6) is 4.20. The predicted molar refractivity (Wildman–Crippen MR) is 411 cm³/mol. The van der Waals surface area contributed by atoms with Gasteiger partial charge >= 0.3 is 0 Å². The van der Waals surface area contributed by atoms with Gasteiger partial charge < -0.3 is 19.0 Å². The highest BCUT2D eigenvalue weighted by Crippen LogP contribution is 2.56. The van der Waals surface area contributed by atoms with Crippen LogP contribution in [0, 0.1) is 0 Å². The molecule has 0 bridgehead atoms. The second kappa shape index (κ2) is 24.6. The number of ether oxygens (including phenoxy) is 1. The van der Waals surface area contributed by atoms with Gasteiger partial charge in [0.05, 0.1) is 33.5 Å². The van der Waals surface area contributed by atoms with Crippen LogP contribution in [0.3, 0.4) is 0 Å². The van der Waals surface area contributed by atoms with Gasteiger partial charge in [-0.3, -0.25) is 4.57 Å². The molecular formula is C90H100N4O2. The van der Waals surface area contributed by atoms with Crippen molar-refractivity contribution in [2.45, 2.75) is 197 Å². The summed E-state index contributed by atoms with van der Waals surface area (Å²) in [6.07, 6.45) is 1.95. The zero-order valence-electron chi connectivity index (χ0n) is 61.0. The van der Waals surface area contributed by atoms with Gasteiger partial charge in [0.15, 0.2) is 0 Å². The third-order valence-corrected chi connectivity index (χ3v) is 20.3. The Balaban J connectivity index is 1.07. The number of hydrogen-bond acceptors (Lipinski definition) is 5. The number of hydrogen-bond donors (Lipinski definition) is 0. The Kier molecular flexibility index (Phi) is 16.9. The molecule has 0 amide bonds. The summed E-state index contributed by atoms with van der Waals surface area (Å²) < 4.78 is 16.7. The van der Waals surface area contributed by atoms with Crippen molar-refractivity contribution in [3.63, 3.8) is 0 Å². The number of anilines is 4. The van der Waals surface area contributed by atoms with E-state index in [0.29, 0.717) is 18.5 Å². The molecule has 0 saturated carbocycles. The molecule has 492 valence electrons. The number of furan rings is 1. The van der Waals surface area contributed by atoms with Gasteiger partial charge in [0.2, 0.25) is 0 Å². The van der Waals surface area contributed by atoms with Gasteiger partial charge in [-0.25, -0.2) is 4.98 Å². The first-order chi connectivity index (χ1) is 45.5. The van der Waals surface area contributed by atoms with Crippen LogP contribution in [0.25, 0.3) is 82.9 Å². The number of aromatic nitrogens is 2. The summed E-state index contributed by atoms with van der Waals surface area (Å²) >= 11 is 0. The number of pyridine rings is 1. The van der Waals surface area contributed by atoms with Crippen LogP contribution in [0.2, 0.25) is 0 Å². The van der Waals surface area contributed by atoms with Crippen molar-refractivity contribution < 1.29 is 9.15 Å². The van der Waals surface area contributed by atoms with Crippen molar-refractivity contribution in [1.82, 2.24) is 9.55 Å². The van der Waals surface area contributed by atoms with E-state index in [0.717, 1.165) is 83.7 Å². The summed E-state index contributed by atoms with van der Waals surface area (Å²) in [6, 6.07) is 64.2. The van der Waals surface area contributed by atoms with E-state index in [9.17, 15) is 0 Å². The smallest absolute Gasteiger partial charge is 0.145 e. The number of rotatable bonds is 14. The molecule has 0 saturated heterocycles. The molecule has 0 atom stereocenters. The number of nitrogens with zero attached hydrogens (tertiary/aromatic N) is 4. The molecule has 9 aromatic carbocycles. The minimum absolute atomic E-state index is 0.0983. The maximum absolute atomic E-state index is 7.55. The Morgan fingerprint density at radius 3 is 1.50 bits per heavy atom. The molecule has 0 radical (unpaired) electrons. The van der Waals surface area contributed by atoms with E-state index in [4.69, 9.17) is 14.1 Å². The minimum Gasteiger partial charge on any atom is -0.457 e. The normalized spacial score (nSPS) is 13.3. The Morgan fingerprint density at radius 2 is 0.958 bits per heavy atom. The molecular weight excluding hydrogens is 1170 g/mol. The van der Waals surface area contributed by atoms with E-state index < -0.39 is 0 Å². The van der Waals surface area contributed by atoms with Gasteiger partial charge in [0.1, 0.15) is 35.2 Å². The van der Waals surface area contributed by atoms with E-state index >= 15 is 0 Å². The minimum atomic E-state index is -0.180. The lowest BCUT2D eigenvalue weighted by Gasteiger charge is -2.32. The van der Waals surface area contributed by atoms with Crippen molar-refractivity contribution in [3.05, 3.63) is 226 Å². The lowest BCUT2D eigenvalue weighted by Crippen LogP contribution is -2.25. The molecule has 13 rings (SSSR count). The van der Waals surface area contributed by atoms with Crippen molar-refractivity contribution in [2.75, 3.05) is 16.5 Å². The van der Waals surface area contributed by atoms with Crippen LogP contribution in [-0.2, 0) is 16.2 Å². The lowest BCUT2D eigenvalue weighted by molar-refractivity contribution is 0.483. The van der Waals surface area contributed by atoms with Crippen molar-refractivity contribution in [2.24, 2.45) is 0 Å². The van der Waals surface area contributed by atoms with E-state index in [-0.39, 0.29) is 39.9 Å². The fraction of sp³-hybridized carbons (Fsp3) is 0.344. The van der Waals surface area contributed by atoms with Crippen molar-refractivity contribution in [1.29, 1.82) is 0 Å². The second-order valence-electron chi connectivity index (χ2n) is 32.4. The van der Waals surface area contributed by atoms with Gasteiger partial charge in [0, 0.05) is 51.3 Å². The highest BCUT2D eigenvalue weighted by molar-refractivity contribution is 6.24. The van der Waals surface area contributed by atoms with E-state index in [1.807, 2.05) is 12.3 Å². The molecule has 4 heterocycles. The first-order valence-corrected chi connectivity index (χ1v) is 35.4. The molecule has 6 nitrogen and oxygen atoms in total. The highest BCUT2D eigenvalue weighted by Gasteiger charge is 2.36. The fourth-order valence-corrected chi connectivity index (χ4v) is 15.2. The Morgan fingerprint density at radius 1 is 0.427 bits per heavy atom. The quantitative estimate of drug-likeness (QED) is 0.109. The molecule has 1 aliphatic heterocycles. The van der Waals surface area contributed by atoms with Crippen LogP contribution in [0.5, 0.6) is 11.5 Å². The average molecular weight is 1270 g/mol. The molecule has 0 N–H and O–H groups in total. The third kappa shape index (κ3) is 11.7. The van der Waals surface area contributed by atoms with Crippen LogP contribution in [0.15, 0.2) is 180 Å². The molecule has 0 fully saturated rings. The van der Waals surface area contributed by atoms with Gasteiger partial charge in [-0.05, 0) is 191 Å². The number of fused-ring (bicyclic) bond motifs is 8. The summed E-state index contributed by atoms with van der Waals surface area (Å²) in [4.78, 5) is 10.4. The fourth-order valence-electron chi connectivity index (χ4n) is 15.2. The monoisotopic (exact) mass is 1270 g/mol. The summed E-state index contributed by atoms with van der Waals surface area (Å²) in [7, 11) is 0. The second-order valence-corrected chi connectivity index (χ2v) is 32.4. The molecule has 0 aliphatic carbocycles. The van der Waals surface area contributed by atoms with E-state index in [2.05, 4.69) is 324 Å². The summed E-state index contributed by atoms with van der Waals surface area (Å²) in [5, 5.41) is 4.31. The molecule has 3 aromatic heterocycles. The van der Waals surface area contributed by atoms with Crippen molar-refractivity contribution >= 4 is 66.5 Å². The van der Waals surface area contributed by atoms with Gasteiger partial charge in [-0.15, -0.1) is 0 Å². The zero-order valence-corrected chi connectivity index (χ0v) is 61.0. The molecule has 12 aromatic rings. The van der Waals surface area contributed by atoms with Crippen LogP contribution >= 0.6 is 0 Å². The van der Waals surface area contributed by atoms with E-state index in [1.165, 1.54) is 83.6 Å². The summed E-state index contributed by atoms with van der Waals surface area (Å²) in [6.45, 7) is 49.9. The maximum Gasteiger partial charge on any atom is 0.145 e.